The predicted octanol–water partition coefficient (Wildman–Crippen LogP) is 2.56. The van der Waals surface area contributed by atoms with E-state index >= 15 is 0 Å². The summed E-state index contributed by atoms with van der Waals surface area (Å²) in [7, 11) is 1.62. The van der Waals surface area contributed by atoms with E-state index in [1.807, 2.05) is 0 Å². The molecule has 0 bridgehead atoms. The topological polar surface area (TPSA) is 44.8 Å². The average molecular weight is 353 g/mol. The highest BCUT2D eigenvalue weighted by atomic mass is 16.5. The Balaban J connectivity index is 1.40. The van der Waals surface area contributed by atoms with E-state index in [-0.39, 0.29) is 5.91 Å². The zero-order valence-electron chi connectivity index (χ0n) is 15.6. The maximum Gasteiger partial charge on any atom is 0.251 e. The molecule has 138 valence electrons. The molecule has 0 spiro atoms. The zero-order valence-corrected chi connectivity index (χ0v) is 15.6. The molecule has 5 nitrogen and oxygen atoms in total. The van der Waals surface area contributed by atoms with Crippen LogP contribution in [0, 0.1) is 6.92 Å². The Morgan fingerprint density at radius 1 is 1.08 bits per heavy atom. The van der Waals surface area contributed by atoms with Crippen molar-refractivity contribution in [1.82, 2.24) is 10.2 Å². The lowest BCUT2D eigenvalue weighted by atomic mass is 10.2. The Morgan fingerprint density at radius 3 is 2.46 bits per heavy atom. The summed E-state index contributed by atoms with van der Waals surface area (Å²) >= 11 is 0. The Kier molecular flexibility index (Phi) is 6.12. The number of hydrogen-bond acceptors (Lipinski definition) is 4. The van der Waals surface area contributed by atoms with E-state index < -0.39 is 0 Å². The van der Waals surface area contributed by atoms with Gasteiger partial charge in [-0.15, -0.1) is 0 Å². The Bertz CT molecular complexity index is 722. The van der Waals surface area contributed by atoms with Crippen LogP contribution in [0.2, 0.25) is 0 Å². The van der Waals surface area contributed by atoms with Gasteiger partial charge in [-0.3, -0.25) is 9.69 Å². The molecule has 0 unspecified atom stereocenters. The number of carbonyl (C=O) groups is 1. The zero-order chi connectivity index (χ0) is 18.4. The summed E-state index contributed by atoms with van der Waals surface area (Å²) in [5, 5.41) is 3.00. The van der Waals surface area contributed by atoms with Gasteiger partial charge in [0.25, 0.3) is 5.91 Å². The normalized spacial score (nSPS) is 14.9. The van der Waals surface area contributed by atoms with E-state index in [1.54, 1.807) is 31.4 Å². The van der Waals surface area contributed by atoms with Crippen molar-refractivity contribution < 1.29 is 9.53 Å². The van der Waals surface area contributed by atoms with Crippen molar-refractivity contribution in [2.24, 2.45) is 0 Å². The molecule has 1 heterocycles. The molecule has 1 fully saturated rings. The van der Waals surface area contributed by atoms with Gasteiger partial charge in [0.1, 0.15) is 5.75 Å². The van der Waals surface area contributed by atoms with Gasteiger partial charge in [-0.25, -0.2) is 0 Å². The summed E-state index contributed by atoms with van der Waals surface area (Å²) in [6.07, 6.45) is 0. The van der Waals surface area contributed by atoms with E-state index in [4.69, 9.17) is 4.74 Å². The minimum atomic E-state index is -0.0361. The molecule has 1 N–H and O–H groups in total. The second kappa shape index (κ2) is 8.72. The van der Waals surface area contributed by atoms with Crippen LogP contribution in [0.5, 0.6) is 5.75 Å². The van der Waals surface area contributed by atoms with Crippen molar-refractivity contribution in [1.29, 1.82) is 0 Å². The Labute approximate surface area is 155 Å². The van der Waals surface area contributed by atoms with E-state index in [9.17, 15) is 4.79 Å². The van der Waals surface area contributed by atoms with Gasteiger partial charge >= 0.3 is 0 Å². The summed E-state index contributed by atoms with van der Waals surface area (Å²) in [6.45, 7) is 7.76. The molecular weight excluding hydrogens is 326 g/mol. The molecule has 0 atom stereocenters. The molecule has 2 aromatic rings. The molecule has 0 aromatic heterocycles. The van der Waals surface area contributed by atoms with E-state index in [1.165, 1.54) is 11.3 Å². The SMILES string of the molecule is COc1ccc(C(=O)NCCN2CCN(c3cccc(C)c3)CC2)cc1. The highest BCUT2D eigenvalue weighted by Crippen LogP contribution is 2.17. The first kappa shape index (κ1) is 18.3. The largest absolute Gasteiger partial charge is 0.497 e. The number of rotatable bonds is 6. The Hall–Kier alpha value is -2.53. The van der Waals surface area contributed by atoms with Crippen LogP contribution in [-0.4, -0.2) is 57.2 Å². The quantitative estimate of drug-likeness (QED) is 0.867. The third kappa shape index (κ3) is 4.76. The predicted molar refractivity (Wildman–Crippen MR) is 105 cm³/mol. The van der Waals surface area contributed by atoms with Crippen molar-refractivity contribution in [3.05, 3.63) is 59.7 Å². The van der Waals surface area contributed by atoms with Gasteiger partial charge in [0.15, 0.2) is 0 Å². The highest BCUT2D eigenvalue weighted by molar-refractivity contribution is 5.94. The molecule has 0 radical (unpaired) electrons. The summed E-state index contributed by atoms with van der Waals surface area (Å²) < 4.78 is 5.11. The lowest BCUT2D eigenvalue weighted by molar-refractivity contribution is 0.0947. The molecular formula is C21H27N3O2. The number of ether oxygens (including phenoxy) is 1. The molecule has 1 amide bonds. The van der Waals surface area contributed by atoms with Crippen molar-refractivity contribution in [2.45, 2.75) is 6.92 Å². The van der Waals surface area contributed by atoms with Gasteiger partial charge in [0.2, 0.25) is 0 Å². The number of piperazine rings is 1. The number of amides is 1. The smallest absolute Gasteiger partial charge is 0.251 e. The van der Waals surface area contributed by atoms with Crippen LogP contribution < -0.4 is 15.0 Å². The molecule has 2 aromatic carbocycles. The molecule has 26 heavy (non-hydrogen) atoms. The maximum absolute atomic E-state index is 12.2. The van der Waals surface area contributed by atoms with Crippen LogP contribution >= 0.6 is 0 Å². The van der Waals surface area contributed by atoms with Crippen LogP contribution in [0.1, 0.15) is 15.9 Å². The van der Waals surface area contributed by atoms with Gasteiger partial charge in [0.05, 0.1) is 7.11 Å². The number of anilines is 1. The van der Waals surface area contributed by atoms with Crippen LogP contribution in [0.4, 0.5) is 5.69 Å². The lowest BCUT2D eigenvalue weighted by Crippen LogP contribution is -2.48. The van der Waals surface area contributed by atoms with E-state index in [2.05, 4.69) is 46.3 Å². The second-order valence-corrected chi connectivity index (χ2v) is 6.65. The van der Waals surface area contributed by atoms with Gasteiger partial charge in [0, 0.05) is 50.5 Å². The standard InChI is InChI=1S/C21H27N3O2/c1-17-4-3-5-19(16-17)24-14-12-23(13-15-24)11-10-22-21(25)18-6-8-20(26-2)9-7-18/h3-9,16H,10-15H2,1-2H3,(H,22,25). The number of carbonyl (C=O) groups excluding carboxylic acids is 1. The molecule has 5 heteroatoms. The van der Waals surface area contributed by atoms with Gasteiger partial charge < -0.3 is 15.0 Å². The first-order valence-electron chi connectivity index (χ1n) is 9.12. The second-order valence-electron chi connectivity index (χ2n) is 6.65. The van der Waals surface area contributed by atoms with Crippen LogP contribution in [0.15, 0.2) is 48.5 Å². The molecule has 1 saturated heterocycles. The number of hydrogen-bond donors (Lipinski definition) is 1. The van der Waals surface area contributed by atoms with Gasteiger partial charge in [-0.1, -0.05) is 12.1 Å². The van der Waals surface area contributed by atoms with Crippen molar-refractivity contribution in [3.63, 3.8) is 0 Å². The minimum absolute atomic E-state index is 0.0361. The summed E-state index contributed by atoms with van der Waals surface area (Å²) in [5.41, 5.74) is 3.26. The van der Waals surface area contributed by atoms with Crippen LogP contribution in [0.3, 0.4) is 0 Å². The Morgan fingerprint density at radius 2 is 1.81 bits per heavy atom. The minimum Gasteiger partial charge on any atom is -0.497 e. The number of nitrogens with one attached hydrogen (secondary N) is 1. The van der Waals surface area contributed by atoms with Gasteiger partial charge in [-0.05, 0) is 48.9 Å². The first-order chi connectivity index (χ1) is 12.7. The number of nitrogens with zero attached hydrogens (tertiary/aromatic N) is 2. The van der Waals surface area contributed by atoms with Crippen molar-refractivity contribution in [3.8, 4) is 5.75 Å². The third-order valence-corrected chi connectivity index (χ3v) is 4.80. The lowest BCUT2D eigenvalue weighted by Gasteiger charge is -2.36. The molecule has 1 aliphatic rings. The summed E-state index contributed by atoms with van der Waals surface area (Å²) in [6, 6.07) is 15.8. The summed E-state index contributed by atoms with van der Waals surface area (Å²) in [4.78, 5) is 17.0. The maximum atomic E-state index is 12.2. The average Bonchev–Trinajstić information content (AvgIpc) is 2.68. The monoisotopic (exact) mass is 353 g/mol. The molecule has 0 aliphatic carbocycles. The van der Waals surface area contributed by atoms with E-state index in [0.29, 0.717) is 12.1 Å². The van der Waals surface area contributed by atoms with Crippen molar-refractivity contribution in [2.75, 3.05) is 51.3 Å². The number of aryl methyl sites for hydroxylation is 1. The molecule has 3 rings (SSSR count). The van der Waals surface area contributed by atoms with Crippen LogP contribution in [0.25, 0.3) is 0 Å². The fourth-order valence-electron chi connectivity index (χ4n) is 3.23. The van der Waals surface area contributed by atoms with Crippen molar-refractivity contribution >= 4 is 11.6 Å². The van der Waals surface area contributed by atoms with Gasteiger partial charge in [-0.2, -0.15) is 0 Å². The number of benzene rings is 2. The highest BCUT2D eigenvalue weighted by Gasteiger charge is 2.17. The molecule has 0 saturated carbocycles. The van der Waals surface area contributed by atoms with Crippen LogP contribution in [-0.2, 0) is 0 Å². The third-order valence-electron chi connectivity index (χ3n) is 4.80. The fourth-order valence-corrected chi connectivity index (χ4v) is 3.23. The first-order valence-corrected chi connectivity index (χ1v) is 9.12. The number of methoxy groups -OCH3 is 1. The van der Waals surface area contributed by atoms with E-state index in [0.717, 1.165) is 38.5 Å². The molecule has 1 aliphatic heterocycles. The fraction of sp³-hybridized carbons (Fsp3) is 0.381. The summed E-state index contributed by atoms with van der Waals surface area (Å²) in [5.74, 6) is 0.721.